The fraction of sp³-hybridized carbons (Fsp3) is 0.452. The summed E-state index contributed by atoms with van der Waals surface area (Å²) in [6.45, 7) is 10.6. The molecular weight excluding hydrogens is 579 g/mol. The van der Waals surface area contributed by atoms with E-state index >= 15 is 4.39 Å². The van der Waals surface area contributed by atoms with E-state index < -0.39 is 5.95 Å². The normalized spacial score (nSPS) is 18.0. The van der Waals surface area contributed by atoms with Crippen LogP contribution in [0.5, 0.6) is 0 Å². The second-order valence-corrected chi connectivity index (χ2v) is 13.3. The average molecular weight is 615 g/mol. The van der Waals surface area contributed by atoms with Gasteiger partial charge in [0.25, 0.3) is 0 Å². The molecule has 0 unspecified atom stereocenters. The number of halogens is 1. The van der Waals surface area contributed by atoms with E-state index in [1.807, 2.05) is 70.8 Å². The van der Waals surface area contributed by atoms with Gasteiger partial charge in [0.15, 0.2) is 10.8 Å². The Balaban J connectivity index is 1.12. The van der Waals surface area contributed by atoms with E-state index in [2.05, 4.69) is 28.1 Å². The minimum Gasteiger partial charge on any atom is -0.366 e. The molecule has 1 aromatic carbocycles. The standard InChI is InChI=1S/C31H35FN10OS/c1-5-42-28(38(4)29-34-25(24(15-33)44-29)21-8-6-20(2)7-9-21)22-14-23(26(32)35-27(22)36-42)40-16-31(17-40)18-41(19-31)30(43)39-12-10-37(3)11-13-39/h6-9,14H,5,10-13,16-19H2,1-4H3. The first-order valence-electron chi connectivity index (χ1n) is 14.9. The highest BCUT2D eigenvalue weighted by Crippen LogP contribution is 2.44. The van der Waals surface area contributed by atoms with Gasteiger partial charge in [-0.2, -0.15) is 19.7 Å². The second-order valence-electron chi connectivity index (χ2n) is 12.3. The van der Waals surface area contributed by atoms with Crippen molar-refractivity contribution in [3.63, 3.8) is 0 Å². The molecule has 4 aromatic rings. The number of carbonyl (C=O) groups excluding carboxylic acids is 1. The number of anilines is 3. The summed E-state index contributed by atoms with van der Waals surface area (Å²) in [7, 11) is 3.97. The Labute approximate surface area is 259 Å². The molecule has 6 heterocycles. The summed E-state index contributed by atoms with van der Waals surface area (Å²) in [6.07, 6.45) is 0. The van der Waals surface area contributed by atoms with Gasteiger partial charge in [-0.1, -0.05) is 41.2 Å². The van der Waals surface area contributed by atoms with Crippen molar-refractivity contribution in [3.05, 3.63) is 46.7 Å². The van der Waals surface area contributed by atoms with Crippen LogP contribution in [0.1, 0.15) is 17.4 Å². The number of carbonyl (C=O) groups is 1. The number of nitriles is 1. The number of likely N-dealkylation sites (tertiary alicyclic amines) is 1. The number of hydrogen-bond acceptors (Lipinski definition) is 9. The van der Waals surface area contributed by atoms with Crippen LogP contribution in [0.3, 0.4) is 0 Å². The molecule has 0 aliphatic carbocycles. The highest BCUT2D eigenvalue weighted by molar-refractivity contribution is 7.16. The smallest absolute Gasteiger partial charge is 0.320 e. The van der Waals surface area contributed by atoms with Crippen LogP contribution in [0, 0.1) is 29.6 Å². The van der Waals surface area contributed by atoms with Crippen molar-refractivity contribution in [2.24, 2.45) is 5.41 Å². The number of likely N-dealkylation sites (N-methyl/N-ethyl adjacent to an activating group) is 1. The first-order chi connectivity index (χ1) is 21.2. The monoisotopic (exact) mass is 614 g/mol. The van der Waals surface area contributed by atoms with Crippen molar-refractivity contribution in [1.82, 2.24) is 34.4 Å². The van der Waals surface area contributed by atoms with Crippen molar-refractivity contribution < 1.29 is 9.18 Å². The van der Waals surface area contributed by atoms with Crippen LogP contribution in [0.4, 0.5) is 25.8 Å². The van der Waals surface area contributed by atoms with Gasteiger partial charge in [-0.3, -0.25) is 0 Å². The topological polar surface area (TPSA) is 101 Å². The molecule has 3 saturated heterocycles. The maximum Gasteiger partial charge on any atom is 0.320 e. The number of aryl methyl sites for hydroxylation is 2. The maximum absolute atomic E-state index is 15.4. The second kappa shape index (κ2) is 10.7. The van der Waals surface area contributed by atoms with Gasteiger partial charge in [0.2, 0.25) is 5.95 Å². The molecule has 3 aliphatic heterocycles. The lowest BCUT2D eigenvalue weighted by Gasteiger charge is -2.61. The van der Waals surface area contributed by atoms with Crippen molar-refractivity contribution in [2.75, 3.05) is 76.3 Å². The van der Waals surface area contributed by atoms with Crippen molar-refractivity contribution in [1.29, 1.82) is 5.26 Å². The number of benzene rings is 1. The largest absolute Gasteiger partial charge is 0.366 e. The van der Waals surface area contributed by atoms with Gasteiger partial charge in [0.05, 0.1) is 11.1 Å². The number of pyridine rings is 1. The highest BCUT2D eigenvalue weighted by Gasteiger charge is 2.54. The Morgan fingerprint density at radius 3 is 2.45 bits per heavy atom. The van der Waals surface area contributed by atoms with Crippen LogP contribution in [-0.2, 0) is 6.54 Å². The molecule has 0 saturated carbocycles. The minimum atomic E-state index is -0.547. The van der Waals surface area contributed by atoms with E-state index in [1.54, 1.807) is 4.68 Å². The fourth-order valence-corrected chi connectivity index (χ4v) is 7.41. The summed E-state index contributed by atoms with van der Waals surface area (Å²) in [5, 5.41) is 15.8. The number of fused-ring (bicyclic) bond motifs is 1. The molecule has 3 aromatic heterocycles. The lowest BCUT2D eigenvalue weighted by Crippen LogP contribution is -2.74. The number of hydrogen-bond donors (Lipinski definition) is 0. The summed E-state index contributed by atoms with van der Waals surface area (Å²) in [6, 6.07) is 12.2. The van der Waals surface area contributed by atoms with Crippen LogP contribution in [0.25, 0.3) is 22.3 Å². The van der Waals surface area contributed by atoms with Gasteiger partial charge in [-0.25, -0.2) is 14.5 Å². The Bertz CT molecular complexity index is 1770. The number of thiazole rings is 1. The zero-order valence-corrected chi connectivity index (χ0v) is 26.2. The number of piperazine rings is 1. The first-order valence-corrected chi connectivity index (χ1v) is 15.8. The molecule has 3 aliphatic rings. The number of nitrogens with zero attached hydrogens (tertiary/aromatic N) is 10. The summed E-state index contributed by atoms with van der Waals surface area (Å²) in [4.78, 5) is 32.6. The third-order valence-corrected chi connectivity index (χ3v) is 10.1. The molecule has 0 radical (unpaired) electrons. The molecule has 11 nitrogen and oxygen atoms in total. The van der Waals surface area contributed by atoms with E-state index in [9.17, 15) is 10.1 Å². The van der Waals surface area contributed by atoms with Crippen LogP contribution in [-0.4, -0.2) is 107 Å². The van der Waals surface area contributed by atoms with Gasteiger partial charge >= 0.3 is 6.03 Å². The van der Waals surface area contributed by atoms with Crippen LogP contribution in [0.2, 0.25) is 0 Å². The molecular formula is C31H35FN10OS. The van der Waals surface area contributed by atoms with Crippen LogP contribution in [0.15, 0.2) is 30.3 Å². The third-order valence-electron chi connectivity index (χ3n) is 9.07. The van der Waals surface area contributed by atoms with Gasteiger partial charge in [0, 0.05) is 76.9 Å². The molecule has 0 bridgehead atoms. The number of urea groups is 1. The predicted octanol–water partition coefficient (Wildman–Crippen LogP) is 4.15. The molecule has 13 heteroatoms. The molecule has 1 spiro atoms. The summed E-state index contributed by atoms with van der Waals surface area (Å²) in [5.74, 6) is 0.197. The Morgan fingerprint density at radius 1 is 1.09 bits per heavy atom. The van der Waals surface area contributed by atoms with Crippen molar-refractivity contribution in [3.8, 4) is 17.3 Å². The van der Waals surface area contributed by atoms with E-state index in [4.69, 9.17) is 4.98 Å². The lowest BCUT2D eigenvalue weighted by molar-refractivity contribution is -0.00786. The zero-order chi connectivity index (χ0) is 30.7. The summed E-state index contributed by atoms with van der Waals surface area (Å²) >= 11 is 1.31. The molecule has 228 valence electrons. The van der Waals surface area contributed by atoms with Crippen molar-refractivity contribution in [2.45, 2.75) is 20.4 Å². The van der Waals surface area contributed by atoms with Crippen LogP contribution >= 0.6 is 11.3 Å². The Hall–Kier alpha value is -4.28. The summed E-state index contributed by atoms with van der Waals surface area (Å²) < 4.78 is 17.2. The SMILES string of the molecule is CCn1nc2nc(F)c(N3CC4(CN(C(=O)N5CCN(C)CC5)C4)C3)cc2c1N(C)c1nc(-c2ccc(C)cc2)c(C#N)s1. The number of rotatable bonds is 5. The third kappa shape index (κ3) is 4.73. The zero-order valence-electron chi connectivity index (χ0n) is 25.4. The lowest BCUT2D eigenvalue weighted by atomic mass is 9.72. The highest BCUT2D eigenvalue weighted by atomic mass is 32.1. The predicted molar refractivity (Wildman–Crippen MR) is 169 cm³/mol. The van der Waals surface area contributed by atoms with Crippen LogP contribution < -0.4 is 9.80 Å². The Kier molecular flexibility index (Phi) is 6.93. The van der Waals surface area contributed by atoms with E-state index in [1.165, 1.54) is 11.3 Å². The van der Waals surface area contributed by atoms with Gasteiger partial charge in [0.1, 0.15) is 22.5 Å². The maximum atomic E-state index is 15.4. The molecule has 0 atom stereocenters. The first kappa shape index (κ1) is 28.5. The quantitative estimate of drug-likeness (QED) is 0.309. The number of aromatic nitrogens is 4. The Morgan fingerprint density at radius 2 is 1.80 bits per heavy atom. The molecule has 2 amide bonds. The molecule has 44 heavy (non-hydrogen) atoms. The molecule has 3 fully saturated rings. The van der Waals surface area contributed by atoms with E-state index in [0.29, 0.717) is 59.8 Å². The van der Waals surface area contributed by atoms with Gasteiger partial charge in [-0.15, -0.1) is 0 Å². The molecule has 0 N–H and O–H groups in total. The average Bonchev–Trinajstić information content (AvgIpc) is 3.57. The fourth-order valence-electron chi connectivity index (χ4n) is 6.56. The van der Waals surface area contributed by atoms with Gasteiger partial charge < -0.3 is 24.5 Å². The van der Waals surface area contributed by atoms with Gasteiger partial charge in [-0.05, 0) is 27.0 Å². The minimum absolute atomic E-state index is 0.00216. The van der Waals surface area contributed by atoms with E-state index in [-0.39, 0.29) is 11.4 Å². The van der Waals surface area contributed by atoms with Crippen molar-refractivity contribution >= 4 is 45.0 Å². The number of amides is 2. The summed E-state index contributed by atoms with van der Waals surface area (Å²) in [5.41, 5.74) is 3.42. The molecule has 7 rings (SSSR count). The van der Waals surface area contributed by atoms with E-state index in [0.717, 1.165) is 48.5 Å².